The number of halogens is 1. The molecule has 6 rings (SSSR count). The van der Waals surface area contributed by atoms with Gasteiger partial charge in [0, 0.05) is 12.2 Å². The maximum absolute atomic E-state index is 16.3. The third kappa shape index (κ3) is 4.77. The minimum atomic E-state index is -0.389. The highest BCUT2D eigenvalue weighted by Gasteiger charge is 2.39. The molecule has 0 radical (unpaired) electrons. The predicted molar refractivity (Wildman–Crippen MR) is 154 cm³/mol. The van der Waals surface area contributed by atoms with Crippen LogP contribution in [0.1, 0.15) is 29.2 Å². The summed E-state index contributed by atoms with van der Waals surface area (Å²) in [5, 5.41) is 3.48. The quantitative estimate of drug-likeness (QED) is 0.231. The van der Waals surface area contributed by atoms with E-state index in [4.69, 9.17) is 14.5 Å². The van der Waals surface area contributed by atoms with Gasteiger partial charge in [0.25, 0.3) is 0 Å². The molecule has 1 N–H and O–H groups in total. The van der Waals surface area contributed by atoms with Crippen LogP contribution in [0.5, 0.6) is 5.75 Å². The second kappa shape index (κ2) is 10.2. The van der Waals surface area contributed by atoms with E-state index in [0.29, 0.717) is 37.8 Å². The number of rotatable bonds is 8. The number of fused-ring (bicyclic) bond motifs is 1. The van der Waals surface area contributed by atoms with Crippen LogP contribution in [0, 0.1) is 19.7 Å². The van der Waals surface area contributed by atoms with E-state index in [-0.39, 0.29) is 17.1 Å². The lowest BCUT2D eigenvalue weighted by atomic mass is 9.97. The first-order chi connectivity index (χ1) is 18.9. The van der Waals surface area contributed by atoms with Gasteiger partial charge in [0.15, 0.2) is 11.6 Å². The van der Waals surface area contributed by atoms with E-state index in [1.165, 1.54) is 0 Å². The Labute approximate surface area is 228 Å². The van der Waals surface area contributed by atoms with Crippen LogP contribution in [0.3, 0.4) is 0 Å². The summed E-state index contributed by atoms with van der Waals surface area (Å²) in [4.78, 5) is 4.97. The molecule has 2 heterocycles. The Morgan fingerprint density at radius 2 is 1.67 bits per heavy atom. The molecule has 5 nitrogen and oxygen atoms in total. The molecule has 6 heteroatoms. The van der Waals surface area contributed by atoms with Crippen molar-refractivity contribution in [2.24, 2.45) is 0 Å². The fraction of sp³-hybridized carbons (Fsp3) is 0.242. The second-order valence-electron chi connectivity index (χ2n) is 10.6. The Morgan fingerprint density at radius 1 is 0.949 bits per heavy atom. The summed E-state index contributed by atoms with van der Waals surface area (Å²) in [6, 6.07) is 28.1. The lowest BCUT2D eigenvalue weighted by molar-refractivity contribution is -0.0868. The summed E-state index contributed by atoms with van der Waals surface area (Å²) in [5.41, 5.74) is 6.82. The monoisotopic (exact) mass is 521 g/mol. The van der Waals surface area contributed by atoms with E-state index in [2.05, 4.69) is 28.9 Å². The van der Waals surface area contributed by atoms with Gasteiger partial charge in [-0.05, 0) is 73.4 Å². The van der Waals surface area contributed by atoms with E-state index >= 15 is 4.39 Å². The fourth-order valence-electron chi connectivity index (χ4n) is 5.16. The van der Waals surface area contributed by atoms with Gasteiger partial charge in [0.1, 0.15) is 12.4 Å². The molecule has 0 saturated carbocycles. The first-order valence-electron chi connectivity index (χ1n) is 13.3. The second-order valence-corrected chi connectivity index (χ2v) is 10.6. The van der Waals surface area contributed by atoms with Gasteiger partial charge in [-0.3, -0.25) is 0 Å². The molecule has 1 aromatic heterocycles. The first-order valence-corrected chi connectivity index (χ1v) is 13.3. The number of hydrogen-bond acceptors (Lipinski definition) is 4. The van der Waals surface area contributed by atoms with Gasteiger partial charge < -0.3 is 19.4 Å². The maximum atomic E-state index is 16.3. The standard InChI is InChI=1S/C33H32FN3O2/c1-22-16-27(30(34)31(23(22)2)39-19-24-10-6-4-7-11-24)32-36-28-15-14-25(18-35-26-12-8-5-9-13-26)17-29(28)37(32)33(3)20-38-21-33/h4-17,35H,18-21H2,1-3H3. The number of nitrogens with one attached hydrogen (secondary N) is 1. The zero-order chi connectivity index (χ0) is 27.0. The number of ether oxygens (including phenoxy) is 2. The molecule has 5 aromatic rings. The molecule has 0 atom stereocenters. The molecule has 4 aromatic carbocycles. The van der Waals surface area contributed by atoms with Crippen LogP contribution in [0.15, 0.2) is 84.9 Å². The summed E-state index contributed by atoms with van der Waals surface area (Å²) in [7, 11) is 0. The van der Waals surface area contributed by atoms with Gasteiger partial charge in [-0.15, -0.1) is 0 Å². The molecule has 0 aliphatic carbocycles. The summed E-state index contributed by atoms with van der Waals surface area (Å²) in [6.45, 7) is 8.08. The molecular weight excluding hydrogens is 489 g/mol. The first kappa shape index (κ1) is 25.1. The maximum Gasteiger partial charge on any atom is 0.176 e. The van der Waals surface area contributed by atoms with E-state index in [0.717, 1.165) is 39.0 Å². The van der Waals surface area contributed by atoms with Crippen LogP contribution in [-0.2, 0) is 23.4 Å². The molecule has 1 aliphatic heterocycles. The van der Waals surface area contributed by atoms with Crippen molar-refractivity contribution in [1.29, 1.82) is 0 Å². The fourth-order valence-corrected chi connectivity index (χ4v) is 5.16. The highest BCUT2D eigenvalue weighted by molar-refractivity contribution is 5.83. The topological polar surface area (TPSA) is 48.3 Å². The van der Waals surface area contributed by atoms with E-state index in [9.17, 15) is 0 Å². The zero-order valence-electron chi connectivity index (χ0n) is 22.5. The number of aromatic nitrogens is 2. The van der Waals surface area contributed by atoms with Crippen LogP contribution in [-0.4, -0.2) is 22.8 Å². The predicted octanol–water partition coefficient (Wildman–Crippen LogP) is 7.40. The Hall–Kier alpha value is -4.16. The van der Waals surface area contributed by atoms with Crippen LogP contribution in [0.2, 0.25) is 0 Å². The average Bonchev–Trinajstić information content (AvgIpc) is 3.32. The SMILES string of the molecule is Cc1cc(-c2nc3ccc(CNc4ccccc4)cc3n2C2(C)COC2)c(F)c(OCc2ccccc2)c1C. The molecule has 0 amide bonds. The smallest absolute Gasteiger partial charge is 0.176 e. The largest absolute Gasteiger partial charge is 0.486 e. The highest BCUT2D eigenvalue weighted by atomic mass is 19.1. The summed E-state index contributed by atoms with van der Waals surface area (Å²) < 4.78 is 30.2. The number of para-hydroxylation sites is 1. The number of benzene rings is 4. The molecule has 198 valence electrons. The molecule has 0 unspecified atom stereocenters. The number of anilines is 1. The van der Waals surface area contributed by atoms with Crippen LogP contribution < -0.4 is 10.1 Å². The van der Waals surface area contributed by atoms with Crippen molar-refractivity contribution in [2.75, 3.05) is 18.5 Å². The van der Waals surface area contributed by atoms with Crippen molar-refractivity contribution in [3.63, 3.8) is 0 Å². The average molecular weight is 522 g/mol. The lowest BCUT2D eigenvalue weighted by Crippen LogP contribution is -2.49. The number of aryl methyl sites for hydroxylation is 1. The molecular formula is C33H32FN3O2. The van der Waals surface area contributed by atoms with Crippen molar-refractivity contribution in [3.05, 3.63) is 113 Å². The van der Waals surface area contributed by atoms with Gasteiger partial charge in [0.2, 0.25) is 0 Å². The summed E-state index contributed by atoms with van der Waals surface area (Å²) in [5.74, 6) is 0.477. The molecule has 1 saturated heterocycles. The van der Waals surface area contributed by atoms with Gasteiger partial charge in [0.05, 0.1) is 35.3 Å². The van der Waals surface area contributed by atoms with E-state index in [1.54, 1.807) is 0 Å². The molecule has 1 fully saturated rings. The minimum absolute atomic E-state index is 0.273. The lowest BCUT2D eigenvalue weighted by Gasteiger charge is -2.41. The van der Waals surface area contributed by atoms with Crippen LogP contribution in [0.25, 0.3) is 22.4 Å². The van der Waals surface area contributed by atoms with Gasteiger partial charge >= 0.3 is 0 Å². The molecule has 1 aliphatic rings. The summed E-state index contributed by atoms with van der Waals surface area (Å²) in [6.07, 6.45) is 0. The van der Waals surface area contributed by atoms with E-state index < -0.39 is 0 Å². The van der Waals surface area contributed by atoms with Crippen molar-refractivity contribution in [1.82, 2.24) is 9.55 Å². The Kier molecular flexibility index (Phi) is 6.57. The van der Waals surface area contributed by atoms with Crippen molar-refractivity contribution < 1.29 is 13.9 Å². The Balaban J connectivity index is 1.42. The molecule has 39 heavy (non-hydrogen) atoms. The van der Waals surface area contributed by atoms with Gasteiger partial charge in [-0.2, -0.15) is 0 Å². The number of imidazole rings is 1. The molecule has 0 bridgehead atoms. The van der Waals surface area contributed by atoms with Crippen molar-refractivity contribution in [3.8, 4) is 17.1 Å². The molecule has 0 spiro atoms. The van der Waals surface area contributed by atoms with Gasteiger partial charge in [-0.1, -0.05) is 54.6 Å². The summed E-state index contributed by atoms with van der Waals surface area (Å²) >= 11 is 0. The van der Waals surface area contributed by atoms with Crippen LogP contribution in [0.4, 0.5) is 10.1 Å². The van der Waals surface area contributed by atoms with Crippen LogP contribution >= 0.6 is 0 Å². The van der Waals surface area contributed by atoms with Crippen molar-refractivity contribution in [2.45, 2.75) is 39.5 Å². The Bertz CT molecular complexity index is 1630. The third-order valence-corrected chi connectivity index (χ3v) is 7.55. The van der Waals surface area contributed by atoms with E-state index in [1.807, 2.05) is 86.6 Å². The third-order valence-electron chi connectivity index (χ3n) is 7.55. The Morgan fingerprint density at radius 3 is 2.36 bits per heavy atom. The number of nitrogens with zero attached hydrogens (tertiary/aromatic N) is 2. The minimum Gasteiger partial charge on any atom is -0.486 e. The highest BCUT2D eigenvalue weighted by Crippen LogP contribution is 2.40. The normalized spacial score (nSPS) is 14.3. The zero-order valence-corrected chi connectivity index (χ0v) is 22.5. The van der Waals surface area contributed by atoms with Gasteiger partial charge in [-0.25, -0.2) is 9.37 Å². The number of hydrogen-bond donors (Lipinski definition) is 1. The van der Waals surface area contributed by atoms with Crippen molar-refractivity contribution >= 4 is 16.7 Å².